The van der Waals surface area contributed by atoms with Gasteiger partial charge in [0.15, 0.2) is 5.92 Å². The number of benzene rings is 1. The molecule has 8 heteroatoms. The molecule has 24 heavy (non-hydrogen) atoms. The summed E-state index contributed by atoms with van der Waals surface area (Å²) in [5, 5.41) is 0. The SMILES string of the molecule is COC(=O)C1=C(N)Oc2ccccc2C1C(C(=O)OC)C(=O)OC. The molecule has 1 aromatic rings. The van der Waals surface area contributed by atoms with Crippen molar-refractivity contribution in [3.63, 3.8) is 0 Å². The fraction of sp³-hybridized carbons (Fsp3) is 0.312. The molecule has 0 saturated heterocycles. The highest BCUT2D eigenvalue weighted by Gasteiger charge is 2.46. The number of carbonyl (C=O) groups is 3. The van der Waals surface area contributed by atoms with Crippen molar-refractivity contribution in [1.29, 1.82) is 0 Å². The van der Waals surface area contributed by atoms with Crippen LogP contribution in [0, 0.1) is 5.92 Å². The van der Waals surface area contributed by atoms with Crippen molar-refractivity contribution in [3.8, 4) is 5.75 Å². The number of fused-ring (bicyclic) bond motifs is 1. The van der Waals surface area contributed by atoms with Crippen molar-refractivity contribution in [3.05, 3.63) is 41.3 Å². The van der Waals surface area contributed by atoms with Gasteiger partial charge in [-0.1, -0.05) is 18.2 Å². The van der Waals surface area contributed by atoms with E-state index in [0.717, 1.165) is 21.3 Å². The molecule has 128 valence electrons. The molecule has 0 aliphatic carbocycles. The van der Waals surface area contributed by atoms with Gasteiger partial charge >= 0.3 is 17.9 Å². The van der Waals surface area contributed by atoms with Gasteiger partial charge in [0.25, 0.3) is 0 Å². The predicted octanol–water partition coefficient (Wildman–Crippen LogP) is 0.468. The number of carbonyl (C=O) groups excluding carboxylic acids is 3. The van der Waals surface area contributed by atoms with Crippen LogP contribution in [0.15, 0.2) is 35.7 Å². The van der Waals surface area contributed by atoms with E-state index in [1.165, 1.54) is 0 Å². The molecule has 0 fully saturated rings. The van der Waals surface area contributed by atoms with Gasteiger partial charge in [0.1, 0.15) is 11.3 Å². The van der Waals surface area contributed by atoms with E-state index in [1.807, 2.05) is 0 Å². The van der Waals surface area contributed by atoms with Gasteiger partial charge in [-0.15, -0.1) is 0 Å². The molecule has 8 nitrogen and oxygen atoms in total. The minimum atomic E-state index is -1.43. The van der Waals surface area contributed by atoms with Gasteiger partial charge in [-0.05, 0) is 6.07 Å². The molecule has 1 unspecified atom stereocenters. The molecule has 0 saturated carbocycles. The molecule has 0 aromatic heterocycles. The van der Waals surface area contributed by atoms with E-state index in [2.05, 4.69) is 0 Å². The molecular weight excluding hydrogens is 318 g/mol. The van der Waals surface area contributed by atoms with Crippen molar-refractivity contribution < 1.29 is 33.3 Å². The summed E-state index contributed by atoms with van der Waals surface area (Å²) >= 11 is 0. The standard InChI is InChI=1S/C16H17NO7/c1-21-14(18)11-10(12(15(19)22-2)16(20)23-3)8-6-4-5-7-9(8)24-13(11)17/h4-7,10,12H,17H2,1-3H3. The Morgan fingerprint density at radius 1 is 1.04 bits per heavy atom. The zero-order valence-corrected chi connectivity index (χ0v) is 13.4. The Balaban J connectivity index is 2.69. The fourth-order valence-electron chi connectivity index (χ4n) is 2.62. The van der Waals surface area contributed by atoms with E-state index < -0.39 is 29.7 Å². The van der Waals surface area contributed by atoms with Crippen LogP contribution in [0.4, 0.5) is 0 Å². The highest BCUT2D eigenvalue weighted by atomic mass is 16.5. The van der Waals surface area contributed by atoms with Gasteiger partial charge in [0.05, 0.1) is 21.3 Å². The molecule has 0 spiro atoms. The number of rotatable bonds is 4. The second-order valence-corrected chi connectivity index (χ2v) is 4.91. The van der Waals surface area contributed by atoms with E-state index in [1.54, 1.807) is 24.3 Å². The lowest BCUT2D eigenvalue weighted by Gasteiger charge is -2.30. The van der Waals surface area contributed by atoms with E-state index in [-0.39, 0.29) is 11.5 Å². The van der Waals surface area contributed by atoms with Crippen LogP contribution in [0.3, 0.4) is 0 Å². The highest BCUT2D eigenvalue weighted by molar-refractivity contribution is 6.00. The summed E-state index contributed by atoms with van der Waals surface area (Å²) in [6.07, 6.45) is 0. The predicted molar refractivity (Wildman–Crippen MR) is 80.6 cm³/mol. The first-order valence-corrected chi connectivity index (χ1v) is 6.96. The Bertz CT molecular complexity index is 694. The molecule has 2 rings (SSSR count). The van der Waals surface area contributed by atoms with Gasteiger partial charge in [-0.2, -0.15) is 0 Å². The van der Waals surface area contributed by atoms with Crippen LogP contribution in [0.1, 0.15) is 11.5 Å². The van der Waals surface area contributed by atoms with Crippen LogP contribution < -0.4 is 10.5 Å². The topological polar surface area (TPSA) is 114 Å². The molecule has 0 radical (unpaired) electrons. The van der Waals surface area contributed by atoms with E-state index in [9.17, 15) is 14.4 Å². The van der Waals surface area contributed by atoms with Gasteiger partial charge in [-0.25, -0.2) is 4.79 Å². The Morgan fingerprint density at radius 2 is 1.62 bits per heavy atom. The van der Waals surface area contributed by atoms with E-state index >= 15 is 0 Å². The molecule has 1 aromatic carbocycles. The van der Waals surface area contributed by atoms with Gasteiger partial charge in [-0.3, -0.25) is 9.59 Å². The van der Waals surface area contributed by atoms with E-state index in [4.69, 9.17) is 24.7 Å². The lowest BCUT2D eigenvalue weighted by molar-refractivity contribution is -0.159. The Labute approximate surface area is 138 Å². The summed E-state index contributed by atoms with van der Waals surface area (Å²) in [5.41, 5.74) is 6.12. The van der Waals surface area contributed by atoms with Gasteiger partial charge in [0, 0.05) is 11.5 Å². The summed E-state index contributed by atoms with van der Waals surface area (Å²) in [7, 11) is 3.42. The van der Waals surface area contributed by atoms with Crippen molar-refractivity contribution in [2.45, 2.75) is 5.92 Å². The molecule has 2 N–H and O–H groups in total. The maximum absolute atomic E-state index is 12.2. The summed E-state index contributed by atoms with van der Waals surface area (Å²) in [5.74, 6) is -4.95. The van der Waals surface area contributed by atoms with Gasteiger partial charge in [0.2, 0.25) is 5.88 Å². The number of hydrogen-bond acceptors (Lipinski definition) is 8. The van der Waals surface area contributed by atoms with Crippen LogP contribution in [0.25, 0.3) is 0 Å². The van der Waals surface area contributed by atoms with E-state index in [0.29, 0.717) is 11.3 Å². The lowest BCUT2D eigenvalue weighted by atomic mass is 9.78. The highest BCUT2D eigenvalue weighted by Crippen LogP contribution is 2.43. The molecule has 1 atom stereocenters. The first-order valence-electron chi connectivity index (χ1n) is 6.96. The zero-order valence-electron chi connectivity index (χ0n) is 13.4. The van der Waals surface area contributed by atoms with Crippen LogP contribution in [-0.2, 0) is 28.6 Å². The summed E-state index contributed by atoms with van der Waals surface area (Å²) in [4.78, 5) is 36.6. The first-order chi connectivity index (χ1) is 11.5. The van der Waals surface area contributed by atoms with Crippen molar-refractivity contribution >= 4 is 17.9 Å². The molecule has 0 amide bonds. The number of hydrogen-bond donors (Lipinski definition) is 1. The molecule has 1 aliphatic heterocycles. The zero-order chi connectivity index (χ0) is 17.9. The number of nitrogens with two attached hydrogens (primary N) is 1. The van der Waals surface area contributed by atoms with Crippen LogP contribution in [0.5, 0.6) is 5.75 Å². The van der Waals surface area contributed by atoms with Gasteiger partial charge < -0.3 is 24.7 Å². The third kappa shape index (κ3) is 2.90. The largest absolute Gasteiger partial charge is 0.468 e. The van der Waals surface area contributed by atoms with Crippen molar-refractivity contribution in [2.24, 2.45) is 11.7 Å². The summed E-state index contributed by atoms with van der Waals surface area (Å²) < 4.78 is 19.6. The van der Waals surface area contributed by atoms with Crippen molar-refractivity contribution in [1.82, 2.24) is 0 Å². The third-order valence-corrected chi connectivity index (χ3v) is 3.70. The Kier molecular flexibility index (Phi) is 5.08. The monoisotopic (exact) mass is 335 g/mol. The van der Waals surface area contributed by atoms with Crippen LogP contribution in [0.2, 0.25) is 0 Å². The number of para-hydroxylation sites is 1. The molecule has 1 heterocycles. The normalized spacial score (nSPS) is 16.1. The lowest BCUT2D eigenvalue weighted by Crippen LogP contribution is -2.38. The third-order valence-electron chi connectivity index (χ3n) is 3.70. The Hall–Kier alpha value is -3.03. The maximum Gasteiger partial charge on any atom is 0.339 e. The smallest absolute Gasteiger partial charge is 0.339 e. The van der Waals surface area contributed by atoms with Crippen molar-refractivity contribution in [2.75, 3.05) is 21.3 Å². The average Bonchev–Trinajstić information content (AvgIpc) is 2.60. The Morgan fingerprint density at radius 3 is 2.17 bits per heavy atom. The quantitative estimate of drug-likeness (QED) is 0.480. The second-order valence-electron chi connectivity index (χ2n) is 4.91. The first kappa shape index (κ1) is 17.3. The second kappa shape index (κ2) is 7.03. The number of esters is 3. The maximum atomic E-state index is 12.2. The fourth-order valence-corrected chi connectivity index (χ4v) is 2.62. The molecule has 0 bridgehead atoms. The summed E-state index contributed by atoms with van der Waals surface area (Å²) in [6, 6.07) is 6.60. The minimum absolute atomic E-state index is 0.142. The summed E-state index contributed by atoms with van der Waals surface area (Å²) in [6.45, 7) is 0. The van der Waals surface area contributed by atoms with Crippen LogP contribution >= 0.6 is 0 Å². The van der Waals surface area contributed by atoms with Crippen LogP contribution in [-0.4, -0.2) is 39.2 Å². The molecule has 1 aliphatic rings. The average molecular weight is 335 g/mol. The number of ether oxygens (including phenoxy) is 4. The molecular formula is C16H17NO7. The number of methoxy groups -OCH3 is 3. The minimum Gasteiger partial charge on any atom is -0.468 e.